The molecule has 3 rings (SSSR count). The Kier molecular flexibility index (Phi) is 3.09. The van der Waals surface area contributed by atoms with Gasteiger partial charge in [0.25, 0.3) is 0 Å². The minimum absolute atomic E-state index is 0.176. The lowest BCUT2D eigenvalue weighted by atomic mass is 9.97. The van der Waals surface area contributed by atoms with Crippen molar-refractivity contribution in [2.75, 3.05) is 13.1 Å². The van der Waals surface area contributed by atoms with E-state index in [1.165, 1.54) is 0 Å². The summed E-state index contributed by atoms with van der Waals surface area (Å²) in [5, 5.41) is 13.0. The molecule has 3 aliphatic heterocycles. The van der Waals surface area contributed by atoms with E-state index in [1.807, 2.05) is 0 Å². The van der Waals surface area contributed by atoms with Crippen LogP contribution in [0.2, 0.25) is 0 Å². The van der Waals surface area contributed by atoms with Crippen molar-refractivity contribution in [1.82, 2.24) is 10.2 Å². The fourth-order valence-electron chi connectivity index (χ4n) is 3.80. The molecule has 3 fully saturated rings. The largest absolute Gasteiger partial charge is 0.393 e. The molecule has 2 N–H and O–H groups in total. The highest BCUT2D eigenvalue weighted by molar-refractivity contribution is 5.77. The molecule has 0 radical (unpaired) electrons. The van der Waals surface area contributed by atoms with Crippen molar-refractivity contribution >= 4 is 5.91 Å². The van der Waals surface area contributed by atoms with Gasteiger partial charge < -0.3 is 15.3 Å². The molecule has 3 saturated heterocycles. The monoisotopic (exact) mass is 238 g/mol. The van der Waals surface area contributed by atoms with Gasteiger partial charge in [0.05, 0.1) is 6.10 Å². The Hall–Kier alpha value is -0.610. The summed E-state index contributed by atoms with van der Waals surface area (Å²) < 4.78 is 0. The number of aliphatic hydroxyl groups is 1. The molecule has 0 aromatic heterocycles. The first-order valence-electron chi connectivity index (χ1n) is 6.94. The molecule has 4 heteroatoms. The van der Waals surface area contributed by atoms with E-state index in [0.717, 1.165) is 45.2 Å². The Morgan fingerprint density at radius 2 is 1.94 bits per heavy atom. The molecular weight excluding hydrogens is 216 g/mol. The summed E-state index contributed by atoms with van der Waals surface area (Å²) in [6, 6.07) is 0.649. The SMILES string of the molecule is O=C(CC1CCNC1)N1C2CCC1CC(O)C2. The van der Waals surface area contributed by atoms with Gasteiger partial charge in [0, 0.05) is 18.5 Å². The zero-order valence-corrected chi connectivity index (χ0v) is 10.3. The third-order valence-corrected chi connectivity index (χ3v) is 4.62. The average molecular weight is 238 g/mol. The number of carbonyl (C=O) groups is 1. The van der Waals surface area contributed by atoms with Gasteiger partial charge in [-0.15, -0.1) is 0 Å². The molecule has 0 spiro atoms. The number of aliphatic hydroxyl groups excluding tert-OH is 1. The fourth-order valence-corrected chi connectivity index (χ4v) is 3.80. The molecule has 17 heavy (non-hydrogen) atoms. The van der Waals surface area contributed by atoms with Gasteiger partial charge in [-0.3, -0.25) is 4.79 Å². The van der Waals surface area contributed by atoms with E-state index in [-0.39, 0.29) is 6.10 Å². The normalized spacial score (nSPS) is 40.9. The van der Waals surface area contributed by atoms with Gasteiger partial charge in [-0.2, -0.15) is 0 Å². The van der Waals surface area contributed by atoms with Crippen molar-refractivity contribution in [2.24, 2.45) is 5.92 Å². The second-order valence-corrected chi connectivity index (χ2v) is 5.87. The number of nitrogens with zero attached hydrogens (tertiary/aromatic N) is 1. The summed E-state index contributed by atoms with van der Waals surface area (Å²) in [7, 11) is 0. The van der Waals surface area contributed by atoms with E-state index in [2.05, 4.69) is 10.2 Å². The molecule has 0 saturated carbocycles. The number of nitrogens with one attached hydrogen (secondary N) is 1. The fraction of sp³-hybridized carbons (Fsp3) is 0.923. The Morgan fingerprint density at radius 1 is 1.24 bits per heavy atom. The molecule has 96 valence electrons. The second-order valence-electron chi connectivity index (χ2n) is 5.87. The van der Waals surface area contributed by atoms with Gasteiger partial charge in [0.2, 0.25) is 5.91 Å². The van der Waals surface area contributed by atoms with Gasteiger partial charge in [-0.1, -0.05) is 0 Å². The zero-order valence-electron chi connectivity index (χ0n) is 10.3. The zero-order chi connectivity index (χ0) is 11.8. The molecule has 0 aliphatic carbocycles. The predicted octanol–water partition coefficient (Wildman–Crippen LogP) is 0.500. The lowest BCUT2D eigenvalue weighted by Gasteiger charge is -2.37. The molecule has 3 aliphatic rings. The van der Waals surface area contributed by atoms with E-state index in [0.29, 0.717) is 30.3 Å². The minimum Gasteiger partial charge on any atom is -0.393 e. The standard InChI is InChI=1S/C13H22N2O2/c16-12-6-10-1-2-11(7-12)15(10)13(17)5-9-3-4-14-8-9/h9-12,14,16H,1-8H2. The highest BCUT2D eigenvalue weighted by Gasteiger charge is 2.42. The molecule has 0 aromatic carbocycles. The molecule has 1 amide bonds. The number of fused-ring (bicyclic) bond motifs is 2. The highest BCUT2D eigenvalue weighted by atomic mass is 16.3. The van der Waals surface area contributed by atoms with Crippen LogP contribution >= 0.6 is 0 Å². The number of carbonyl (C=O) groups excluding carboxylic acids is 1. The smallest absolute Gasteiger partial charge is 0.223 e. The van der Waals surface area contributed by atoms with E-state index >= 15 is 0 Å². The Bertz CT molecular complexity index is 288. The van der Waals surface area contributed by atoms with Crippen LogP contribution in [0.25, 0.3) is 0 Å². The first kappa shape index (κ1) is 11.5. The molecule has 4 nitrogen and oxygen atoms in total. The van der Waals surface area contributed by atoms with Crippen LogP contribution in [0.5, 0.6) is 0 Å². The van der Waals surface area contributed by atoms with Crippen LogP contribution in [0, 0.1) is 5.92 Å². The molecule has 3 atom stereocenters. The average Bonchev–Trinajstić information content (AvgIpc) is 2.86. The summed E-state index contributed by atoms with van der Waals surface area (Å²) in [6.45, 7) is 2.06. The van der Waals surface area contributed by atoms with Gasteiger partial charge in [-0.05, 0) is 51.1 Å². The van der Waals surface area contributed by atoms with Crippen molar-refractivity contribution in [1.29, 1.82) is 0 Å². The number of amides is 1. The highest BCUT2D eigenvalue weighted by Crippen LogP contribution is 2.36. The number of piperidine rings is 1. The van der Waals surface area contributed by atoms with Crippen LogP contribution in [0.1, 0.15) is 38.5 Å². The van der Waals surface area contributed by atoms with Crippen LogP contribution in [-0.2, 0) is 4.79 Å². The van der Waals surface area contributed by atoms with Crippen molar-refractivity contribution in [3.63, 3.8) is 0 Å². The molecule has 3 unspecified atom stereocenters. The van der Waals surface area contributed by atoms with Crippen molar-refractivity contribution in [2.45, 2.75) is 56.7 Å². The summed E-state index contributed by atoms with van der Waals surface area (Å²) >= 11 is 0. The number of hydrogen-bond donors (Lipinski definition) is 2. The van der Waals surface area contributed by atoms with Gasteiger partial charge >= 0.3 is 0 Å². The van der Waals surface area contributed by atoms with E-state index in [9.17, 15) is 9.90 Å². The number of rotatable bonds is 2. The Morgan fingerprint density at radius 3 is 2.53 bits per heavy atom. The van der Waals surface area contributed by atoms with E-state index in [1.54, 1.807) is 0 Å². The first-order valence-corrected chi connectivity index (χ1v) is 6.94. The van der Waals surface area contributed by atoms with Gasteiger partial charge in [0.1, 0.15) is 0 Å². The third-order valence-electron chi connectivity index (χ3n) is 4.62. The predicted molar refractivity (Wildman–Crippen MR) is 64.5 cm³/mol. The van der Waals surface area contributed by atoms with Crippen molar-refractivity contribution in [3.8, 4) is 0 Å². The molecule has 2 bridgehead atoms. The summed E-state index contributed by atoms with van der Waals surface area (Å²) in [5.41, 5.74) is 0. The van der Waals surface area contributed by atoms with Gasteiger partial charge in [0.15, 0.2) is 0 Å². The second kappa shape index (κ2) is 4.58. The van der Waals surface area contributed by atoms with Crippen LogP contribution in [0.4, 0.5) is 0 Å². The molecular formula is C13H22N2O2. The quantitative estimate of drug-likeness (QED) is 0.736. The minimum atomic E-state index is -0.176. The third kappa shape index (κ3) is 2.20. The maximum atomic E-state index is 12.3. The van der Waals surface area contributed by atoms with Gasteiger partial charge in [-0.25, -0.2) is 0 Å². The maximum Gasteiger partial charge on any atom is 0.223 e. The van der Waals surface area contributed by atoms with Crippen LogP contribution in [0.3, 0.4) is 0 Å². The Balaban J connectivity index is 1.62. The lowest BCUT2D eigenvalue weighted by Crippen LogP contribution is -2.48. The Labute approximate surface area is 102 Å². The molecule has 3 heterocycles. The topological polar surface area (TPSA) is 52.6 Å². The van der Waals surface area contributed by atoms with Crippen molar-refractivity contribution < 1.29 is 9.90 Å². The first-order chi connectivity index (χ1) is 8.24. The van der Waals surface area contributed by atoms with E-state index < -0.39 is 0 Å². The van der Waals surface area contributed by atoms with Crippen LogP contribution in [0.15, 0.2) is 0 Å². The van der Waals surface area contributed by atoms with Crippen molar-refractivity contribution in [3.05, 3.63) is 0 Å². The lowest BCUT2D eigenvalue weighted by molar-refractivity contribution is -0.138. The summed E-state index contributed by atoms with van der Waals surface area (Å²) in [5.74, 6) is 0.867. The summed E-state index contributed by atoms with van der Waals surface area (Å²) in [6.07, 6.45) is 5.45. The summed E-state index contributed by atoms with van der Waals surface area (Å²) in [4.78, 5) is 14.4. The number of hydrogen-bond acceptors (Lipinski definition) is 3. The molecule has 0 aromatic rings. The van der Waals surface area contributed by atoms with E-state index in [4.69, 9.17) is 0 Å². The maximum absolute atomic E-state index is 12.3. The van der Waals surface area contributed by atoms with Crippen LogP contribution < -0.4 is 5.32 Å². The van der Waals surface area contributed by atoms with Crippen LogP contribution in [-0.4, -0.2) is 47.2 Å².